The largest absolute Gasteiger partial charge is 0.458 e. The topological polar surface area (TPSA) is 121 Å². The van der Waals surface area contributed by atoms with Crippen LogP contribution in [0.25, 0.3) is 0 Å². The molecule has 1 N–H and O–H groups in total. The van der Waals surface area contributed by atoms with E-state index in [0.29, 0.717) is 30.8 Å². The Morgan fingerprint density at radius 2 is 1.21 bits per heavy atom. The number of esters is 1. The molecular formula is C62H85NO9Si. The maximum absolute atomic E-state index is 15.9. The highest BCUT2D eigenvalue weighted by Gasteiger charge is 2.62. The number of allylic oxidation sites excluding steroid dienone is 1. The average Bonchev–Trinajstić information content (AvgIpc) is 3.97. The molecule has 2 aliphatic rings. The van der Waals surface area contributed by atoms with Gasteiger partial charge in [-0.1, -0.05) is 214 Å². The van der Waals surface area contributed by atoms with Gasteiger partial charge in [-0.05, 0) is 67.8 Å². The van der Waals surface area contributed by atoms with E-state index in [4.69, 9.17) is 23.4 Å². The van der Waals surface area contributed by atoms with Crippen LogP contribution in [0, 0.1) is 11.8 Å². The third-order valence-electron chi connectivity index (χ3n) is 14.6. The lowest BCUT2D eigenvalue weighted by Gasteiger charge is -2.44. The van der Waals surface area contributed by atoms with E-state index in [1.807, 2.05) is 117 Å². The summed E-state index contributed by atoms with van der Waals surface area (Å²) < 4.78 is 32.3. The molecule has 0 bridgehead atoms. The number of ether oxygens (including phenoxy) is 4. The number of nitrogens with zero attached hydrogens (tertiary/aromatic N) is 1. The second-order valence-electron chi connectivity index (χ2n) is 22.6. The number of amides is 2. The second kappa shape index (κ2) is 25.6. The van der Waals surface area contributed by atoms with Crippen LogP contribution in [0.2, 0.25) is 5.04 Å². The number of hydrogen-bond acceptors (Lipinski definition) is 9. The van der Waals surface area contributed by atoms with Crippen LogP contribution in [-0.2, 0) is 38.6 Å². The molecule has 0 spiro atoms. The summed E-state index contributed by atoms with van der Waals surface area (Å²) in [5, 5.41) is 15.1. The fraction of sp³-hybridized carbons (Fsp3) is 0.532. The van der Waals surface area contributed by atoms with Gasteiger partial charge in [0.25, 0.3) is 8.32 Å². The van der Waals surface area contributed by atoms with Crippen LogP contribution in [0.4, 0.5) is 4.79 Å². The lowest BCUT2D eigenvalue weighted by Crippen LogP contribution is -2.67. The van der Waals surface area contributed by atoms with E-state index in [9.17, 15) is 14.7 Å². The maximum Gasteiger partial charge on any atom is 0.418 e. The third kappa shape index (κ3) is 13.5. The Morgan fingerprint density at radius 1 is 0.726 bits per heavy atom. The molecular weight excluding hydrogens is 931 g/mol. The van der Waals surface area contributed by atoms with Crippen molar-refractivity contribution in [1.82, 2.24) is 4.90 Å². The SMILES string of the molecule is CCCCCCCC1(CCCCCC/C=C/[C@H](C(=O)N2C(=O)OC(c3ccccc3)(c3ccccc3)[C@@H]2C(C)C)[C@@](O)(CCO[Si](c2ccccc2)(c2ccccc2)C(C)(C)C)C(=O)OC(C)(C)C)OCCO1. The number of carbonyl (C=O) groups excluding carboxylic acids is 3. The fourth-order valence-electron chi connectivity index (χ4n) is 11.2. The number of unbranched alkanes of at least 4 members (excludes halogenated alkanes) is 8. The number of cyclic esters (lactones) is 1. The van der Waals surface area contributed by atoms with Crippen molar-refractivity contribution < 1.29 is 42.9 Å². The van der Waals surface area contributed by atoms with Crippen LogP contribution < -0.4 is 10.4 Å². The number of rotatable bonds is 26. The zero-order valence-corrected chi connectivity index (χ0v) is 46.4. The predicted octanol–water partition coefficient (Wildman–Crippen LogP) is 12.6. The van der Waals surface area contributed by atoms with E-state index >= 15 is 4.79 Å². The highest BCUT2D eigenvalue weighted by atomic mass is 28.4. The van der Waals surface area contributed by atoms with E-state index in [0.717, 1.165) is 60.2 Å². The number of carbonyl (C=O) groups is 3. The smallest absolute Gasteiger partial charge is 0.418 e. The molecule has 0 saturated carbocycles. The zero-order chi connectivity index (χ0) is 52.8. The lowest BCUT2D eigenvalue weighted by atomic mass is 9.75. The van der Waals surface area contributed by atoms with Crippen LogP contribution in [0.3, 0.4) is 0 Å². The first-order valence-electron chi connectivity index (χ1n) is 27.2. The molecule has 2 heterocycles. The quantitative estimate of drug-likeness (QED) is 0.0284. The van der Waals surface area contributed by atoms with Gasteiger partial charge >= 0.3 is 12.1 Å². The Kier molecular flexibility index (Phi) is 20.1. The second-order valence-corrected chi connectivity index (χ2v) is 26.9. The maximum atomic E-state index is 15.9. The van der Waals surface area contributed by atoms with Crippen molar-refractivity contribution in [3.63, 3.8) is 0 Å². The molecule has 3 atom stereocenters. The molecule has 2 amide bonds. The lowest BCUT2D eigenvalue weighted by molar-refractivity contribution is -0.186. The molecule has 0 unspecified atom stereocenters. The summed E-state index contributed by atoms with van der Waals surface area (Å²) in [6.07, 6.45) is 14.3. The molecule has 2 aliphatic heterocycles. The highest BCUT2D eigenvalue weighted by Crippen LogP contribution is 2.49. The van der Waals surface area contributed by atoms with E-state index < -0.39 is 65.9 Å². The Balaban J connectivity index is 1.36. The van der Waals surface area contributed by atoms with Crippen LogP contribution in [0.15, 0.2) is 133 Å². The molecule has 73 heavy (non-hydrogen) atoms. The average molecular weight is 1020 g/mol. The molecule has 2 fully saturated rings. The molecule has 0 aliphatic carbocycles. The van der Waals surface area contributed by atoms with Gasteiger partial charge in [0.1, 0.15) is 5.60 Å². The van der Waals surface area contributed by atoms with Crippen LogP contribution in [0.5, 0.6) is 0 Å². The molecule has 0 aromatic heterocycles. The van der Waals surface area contributed by atoms with Crippen molar-refractivity contribution in [3.8, 4) is 0 Å². The molecule has 4 aromatic rings. The van der Waals surface area contributed by atoms with Gasteiger partial charge in [-0.3, -0.25) is 4.79 Å². The summed E-state index contributed by atoms with van der Waals surface area (Å²) >= 11 is 0. The third-order valence-corrected chi connectivity index (χ3v) is 19.7. The first kappa shape index (κ1) is 57.4. The Hall–Kier alpha value is -4.91. The van der Waals surface area contributed by atoms with Gasteiger partial charge < -0.3 is 28.5 Å². The fourth-order valence-corrected chi connectivity index (χ4v) is 15.7. The minimum atomic E-state index is -3.19. The van der Waals surface area contributed by atoms with Gasteiger partial charge in [0.05, 0.1) is 25.2 Å². The molecule has 11 heteroatoms. The normalized spacial score (nSPS) is 18.2. The van der Waals surface area contributed by atoms with Gasteiger partial charge in [0, 0.05) is 37.0 Å². The van der Waals surface area contributed by atoms with Crippen molar-refractivity contribution in [2.45, 2.75) is 179 Å². The van der Waals surface area contributed by atoms with Gasteiger partial charge in [-0.25, -0.2) is 14.5 Å². The first-order chi connectivity index (χ1) is 34.9. The van der Waals surface area contributed by atoms with Gasteiger partial charge in [-0.2, -0.15) is 0 Å². The Bertz CT molecular complexity index is 2280. The Morgan fingerprint density at radius 3 is 1.67 bits per heavy atom. The number of benzene rings is 4. The molecule has 6 rings (SSSR count). The monoisotopic (exact) mass is 1020 g/mol. The molecule has 396 valence electrons. The molecule has 0 radical (unpaired) electrons. The summed E-state index contributed by atoms with van der Waals surface area (Å²) in [4.78, 5) is 46.9. The summed E-state index contributed by atoms with van der Waals surface area (Å²) in [5.41, 5.74) is -3.55. The minimum absolute atomic E-state index is 0.107. The highest BCUT2D eigenvalue weighted by molar-refractivity contribution is 6.99. The van der Waals surface area contributed by atoms with Crippen molar-refractivity contribution in [1.29, 1.82) is 0 Å². The van der Waals surface area contributed by atoms with Crippen LogP contribution in [0.1, 0.15) is 157 Å². The summed E-state index contributed by atoms with van der Waals surface area (Å²) in [5.74, 6) is -4.14. The summed E-state index contributed by atoms with van der Waals surface area (Å²) in [6.45, 7) is 19.0. The van der Waals surface area contributed by atoms with Crippen LogP contribution >= 0.6 is 0 Å². The standard InChI is InChI=1S/C62H85NO9Si/c1-10-11-12-16-31-42-60(68-46-47-69-60)43-32-17-14-13-15-30-41-53(55(64)63-54(48(2)3)62(72-57(63)66,49-33-22-18-23-34-49)50-35-24-19-25-36-50)61(67,56(65)71-58(4,5)6)44-45-70-73(59(7,8)9,51-37-26-20-27-38-51)52-39-28-21-29-40-52/h18-30,33-41,48,53-54,67H,10-17,31-32,42-47H2,1-9H3/b41-30+/t53-,54+,61+/m1/s1. The van der Waals surface area contributed by atoms with E-state index in [1.54, 1.807) is 26.8 Å². The van der Waals surface area contributed by atoms with E-state index in [-0.39, 0.29) is 18.9 Å². The van der Waals surface area contributed by atoms with Gasteiger partial charge in [0.2, 0.25) is 5.91 Å². The van der Waals surface area contributed by atoms with Crippen molar-refractivity contribution in [3.05, 3.63) is 145 Å². The van der Waals surface area contributed by atoms with Crippen molar-refractivity contribution in [2.24, 2.45) is 11.8 Å². The summed E-state index contributed by atoms with van der Waals surface area (Å²) in [7, 11) is -3.19. The zero-order valence-electron chi connectivity index (χ0n) is 45.4. The number of aliphatic hydroxyl groups is 1. The predicted molar refractivity (Wildman–Crippen MR) is 293 cm³/mol. The van der Waals surface area contributed by atoms with E-state index in [1.165, 1.54) is 25.7 Å². The number of hydrogen-bond donors (Lipinski definition) is 1. The minimum Gasteiger partial charge on any atom is -0.458 e. The molecule has 2 saturated heterocycles. The van der Waals surface area contributed by atoms with Gasteiger partial charge in [-0.15, -0.1) is 0 Å². The van der Waals surface area contributed by atoms with Crippen molar-refractivity contribution in [2.75, 3.05) is 19.8 Å². The summed E-state index contributed by atoms with van der Waals surface area (Å²) in [6, 6.07) is 38.4. The van der Waals surface area contributed by atoms with Crippen LogP contribution in [-0.4, -0.2) is 79.1 Å². The van der Waals surface area contributed by atoms with E-state index in [2.05, 4.69) is 52.0 Å². The molecule has 4 aromatic carbocycles. The Labute approximate surface area is 438 Å². The molecule has 10 nitrogen and oxygen atoms in total. The number of imide groups is 1. The van der Waals surface area contributed by atoms with Crippen molar-refractivity contribution >= 4 is 36.7 Å². The van der Waals surface area contributed by atoms with Gasteiger partial charge in [0.15, 0.2) is 17.0 Å². The first-order valence-corrected chi connectivity index (χ1v) is 29.1.